The van der Waals surface area contributed by atoms with Gasteiger partial charge in [-0.3, -0.25) is 0 Å². The van der Waals surface area contributed by atoms with E-state index >= 15 is 0 Å². The van der Waals surface area contributed by atoms with E-state index in [1.165, 1.54) is 11.1 Å². The third kappa shape index (κ3) is 3.77. The average molecular weight is 374 g/mol. The molecule has 74 valence electrons. The second-order valence-corrected chi connectivity index (χ2v) is 3.87. The monoisotopic (exact) mass is 374 g/mol. The van der Waals surface area contributed by atoms with Crippen molar-refractivity contribution in [1.82, 2.24) is 0 Å². The fraction of sp³-hybridized carbons (Fsp3) is 0.500. The van der Waals surface area contributed by atoms with E-state index in [1.807, 2.05) is 0 Å². The summed E-state index contributed by atoms with van der Waals surface area (Å²) < 4.78 is 0. The SMILES string of the molecule is CC(C)c1[c]c(C(C)C)ccc1.[Bi].[HH].[HH]. The molecule has 0 aliphatic heterocycles. The fourth-order valence-electron chi connectivity index (χ4n) is 1.18. The summed E-state index contributed by atoms with van der Waals surface area (Å²) in [5.74, 6) is 1.17. The van der Waals surface area contributed by atoms with Crippen molar-refractivity contribution in [2.24, 2.45) is 0 Å². The van der Waals surface area contributed by atoms with Gasteiger partial charge in [0.2, 0.25) is 0 Å². The van der Waals surface area contributed by atoms with Crippen molar-refractivity contribution in [3.05, 3.63) is 35.4 Å². The Bertz CT molecular complexity index is 236. The predicted octanol–water partition coefficient (Wildman–Crippen LogP) is 3.84. The number of hydrogen-bond acceptors (Lipinski definition) is 0. The molecule has 0 saturated carbocycles. The summed E-state index contributed by atoms with van der Waals surface area (Å²) in [5.41, 5.74) is 2.64. The third-order valence-corrected chi connectivity index (χ3v) is 2.08. The first-order chi connectivity index (χ1) is 5.61. The minimum Gasteiger partial charge on any atom is -0.0617 e. The maximum atomic E-state index is 3.44. The van der Waals surface area contributed by atoms with Gasteiger partial charge in [-0.2, -0.15) is 0 Å². The molecule has 0 aromatic heterocycles. The summed E-state index contributed by atoms with van der Waals surface area (Å²) in [6.45, 7) is 8.82. The molecule has 0 amide bonds. The molecule has 13 heavy (non-hydrogen) atoms. The van der Waals surface area contributed by atoms with Crippen LogP contribution in [0.15, 0.2) is 18.2 Å². The smallest absolute Gasteiger partial charge is 0 e. The second-order valence-electron chi connectivity index (χ2n) is 3.87. The Balaban J connectivity index is -0.000000480. The third-order valence-electron chi connectivity index (χ3n) is 2.08. The van der Waals surface area contributed by atoms with Crippen molar-refractivity contribution in [2.45, 2.75) is 39.5 Å². The maximum absolute atomic E-state index is 3.44. The summed E-state index contributed by atoms with van der Waals surface area (Å²) in [6, 6.07) is 9.87. The van der Waals surface area contributed by atoms with E-state index in [4.69, 9.17) is 0 Å². The molecule has 0 aliphatic carbocycles. The van der Waals surface area contributed by atoms with E-state index in [0.29, 0.717) is 11.8 Å². The molecule has 4 radical (unpaired) electrons. The van der Waals surface area contributed by atoms with Gasteiger partial charge < -0.3 is 0 Å². The molecule has 0 nitrogen and oxygen atoms in total. The average Bonchev–Trinajstić information content (AvgIpc) is 2.04. The van der Waals surface area contributed by atoms with Crippen molar-refractivity contribution in [1.29, 1.82) is 0 Å². The van der Waals surface area contributed by atoms with Gasteiger partial charge in [-0.25, -0.2) is 0 Å². The van der Waals surface area contributed by atoms with Crippen molar-refractivity contribution in [3.63, 3.8) is 0 Å². The van der Waals surface area contributed by atoms with Gasteiger partial charge in [0.1, 0.15) is 0 Å². The van der Waals surface area contributed by atoms with E-state index in [0.717, 1.165) is 0 Å². The van der Waals surface area contributed by atoms with Gasteiger partial charge in [0.15, 0.2) is 0 Å². The molecule has 0 fully saturated rings. The van der Waals surface area contributed by atoms with Crippen molar-refractivity contribution in [2.75, 3.05) is 0 Å². The van der Waals surface area contributed by atoms with Gasteiger partial charge in [-0.05, 0) is 29.0 Å². The largest absolute Gasteiger partial charge is 0.0617 e. The quantitative estimate of drug-likeness (QED) is 0.690. The topological polar surface area (TPSA) is 0 Å². The number of rotatable bonds is 2. The normalized spacial score (nSPS) is 10.3. The van der Waals surface area contributed by atoms with E-state index in [9.17, 15) is 0 Å². The maximum Gasteiger partial charge on any atom is 0 e. The van der Waals surface area contributed by atoms with Crippen LogP contribution in [0.3, 0.4) is 0 Å². The zero-order chi connectivity index (χ0) is 9.14. The molecule has 0 N–H and O–H groups in total. The van der Waals surface area contributed by atoms with Crippen LogP contribution < -0.4 is 0 Å². The van der Waals surface area contributed by atoms with Crippen LogP contribution >= 0.6 is 0 Å². The van der Waals surface area contributed by atoms with Gasteiger partial charge >= 0.3 is 0 Å². The van der Waals surface area contributed by atoms with E-state index in [2.05, 4.69) is 52.0 Å². The summed E-state index contributed by atoms with van der Waals surface area (Å²) in [5, 5.41) is 0. The van der Waals surface area contributed by atoms with Crippen molar-refractivity contribution >= 4 is 26.2 Å². The molecule has 0 unspecified atom stereocenters. The Hall–Kier alpha value is 0.103. The van der Waals surface area contributed by atoms with Crippen LogP contribution in [0.5, 0.6) is 0 Å². The number of hydrogen-bond donors (Lipinski definition) is 0. The molecule has 0 atom stereocenters. The molecular weight excluding hydrogens is 353 g/mol. The van der Waals surface area contributed by atoms with Crippen molar-refractivity contribution in [3.8, 4) is 0 Å². The molecule has 1 heteroatoms. The van der Waals surface area contributed by atoms with Gasteiger partial charge in [-0.1, -0.05) is 45.9 Å². The van der Waals surface area contributed by atoms with E-state index < -0.39 is 0 Å². The predicted molar refractivity (Wildman–Crippen MR) is 63.4 cm³/mol. The van der Waals surface area contributed by atoms with Crippen LogP contribution in [-0.4, -0.2) is 26.2 Å². The molecule has 0 spiro atoms. The van der Waals surface area contributed by atoms with Crippen LogP contribution in [0.4, 0.5) is 0 Å². The van der Waals surface area contributed by atoms with Crippen LogP contribution in [-0.2, 0) is 0 Å². The van der Waals surface area contributed by atoms with Crippen LogP contribution in [0.2, 0.25) is 0 Å². The molecule has 1 rings (SSSR count). The summed E-state index contributed by atoms with van der Waals surface area (Å²) in [6.07, 6.45) is 0. The van der Waals surface area contributed by atoms with E-state index in [-0.39, 0.29) is 29.1 Å². The van der Waals surface area contributed by atoms with Crippen LogP contribution in [0.25, 0.3) is 0 Å². The van der Waals surface area contributed by atoms with Gasteiger partial charge in [0.05, 0.1) is 0 Å². The van der Waals surface area contributed by atoms with Gasteiger partial charge in [0.25, 0.3) is 0 Å². The first-order valence-electron chi connectivity index (χ1n) is 4.63. The number of benzene rings is 1. The summed E-state index contributed by atoms with van der Waals surface area (Å²) >= 11 is 0. The molecule has 1 aromatic rings. The molecule has 0 bridgehead atoms. The fourth-order valence-corrected chi connectivity index (χ4v) is 1.18. The standard InChI is InChI=1S/C12H17.Bi.2H2/c1-9(2)11-6-5-7-12(8-11)10(3)4;;;/h5-7,9-10H,1-4H3;;2*1H. The first kappa shape index (κ1) is 13.1. The molecular formula is C12H21Bi. The minimum absolute atomic E-state index is 0. The Morgan fingerprint density at radius 1 is 1.00 bits per heavy atom. The van der Waals surface area contributed by atoms with Gasteiger partial charge in [-0.15, -0.1) is 0 Å². The van der Waals surface area contributed by atoms with E-state index in [1.54, 1.807) is 0 Å². The Kier molecular flexibility index (Phi) is 5.80. The summed E-state index contributed by atoms with van der Waals surface area (Å²) in [7, 11) is 0. The minimum atomic E-state index is 0. The zero-order valence-corrected chi connectivity index (χ0v) is 12.3. The Labute approximate surface area is 104 Å². The van der Waals surface area contributed by atoms with Gasteiger partial charge in [0, 0.05) is 29.1 Å². The zero-order valence-electron chi connectivity index (χ0n) is 8.83. The van der Waals surface area contributed by atoms with Crippen molar-refractivity contribution < 1.29 is 2.85 Å². The summed E-state index contributed by atoms with van der Waals surface area (Å²) in [4.78, 5) is 0. The molecule has 0 aliphatic rings. The first-order valence-corrected chi connectivity index (χ1v) is 4.63. The molecule has 1 aromatic carbocycles. The molecule has 0 heterocycles. The van der Waals surface area contributed by atoms with Crippen LogP contribution in [0.1, 0.15) is 53.5 Å². The Morgan fingerprint density at radius 3 is 1.69 bits per heavy atom. The second kappa shape index (κ2) is 5.75. The Morgan fingerprint density at radius 2 is 1.38 bits per heavy atom. The van der Waals surface area contributed by atoms with Crippen LogP contribution in [0, 0.1) is 6.07 Å². The molecule has 0 saturated heterocycles.